The lowest BCUT2D eigenvalue weighted by atomic mass is 10.0. The SMILES string of the molecule is Cc1ccccc1C(C)NC(=O)COc1ccc([N+](=O)[O-])cc1. The fourth-order valence-corrected chi connectivity index (χ4v) is 2.25. The maximum atomic E-state index is 11.9. The van der Waals surface area contributed by atoms with Crippen LogP contribution >= 0.6 is 0 Å². The van der Waals surface area contributed by atoms with Gasteiger partial charge >= 0.3 is 0 Å². The van der Waals surface area contributed by atoms with Gasteiger partial charge in [0.05, 0.1) is 11.0 Å². The number of hydrogen-bond donors (Lipinski definition) is 1. The van der Waals surface area contributed by atoms with E-state index in [1.807, 2.05) is 38.1 Å². The molecule has 0 heterocycles. The molecule has 0 fully saturated rings. The lowest BCUT2D eigenvalue weighted by Crippen LogP contribution is -2.31. The second-order valence-electron chi connectivity index (χ2n) is 5.19. The van der Waals surface area contributed by atoms with Gasteiger partial charge in [-0.2, -0.15) is 0 Å². The summed E-state index contributed by atoms with van der Waals surface area (Å²) in [6.07, 6.45) is 0. The number of ether oxygens (including phenoxy) is 1. The van der Waals surface area contributed by atoms with Gasteiger partial charge in [-0.1, -0.05) is 24.3 Å². The molecule has 1 unspecified atom stereocenters. The van der Waals surface area contributed by atoms with Crippen molar-refractivity contribution in [1.82, 2.24) is 5.32 Å². The number of carbonyl (C=O) groups is 1. The van der Waals surface area contributed by atoms with Gasteiger partial charge in [0.2, 0.25) is 0 Å². The van der Waals surface area contributed by atoms with Crippen LogP contribution in [0.15, 0.2) is 48.5 Å². The molecule has 1 amide bonds. The molecule has 0 saturated heterocycles. The lowest BCUT2D eigenvalue weighted by Gasteiger charge is -2.16. The van der Waals surface area contributed by atoms with E-state index < -0.39 is 4.92 Å². The Morgan fingerprint density at radius 2 is 1.87 bits per heavy atom. The zero-order valence-electron chi connectivity index (χ0n) is 13.0. The average Bonchev–Trinajstić information content (AvgIpc) is 2.53. The van der Waals surface area contributed by atoms with Crippen molar-refractivity contribution in [3.05, 3.63) is 69.8 Å². The molecule has 0 radical (unpaired) electrons. The van der Waals surface area contributed by atoms with Gasteiger partial charge in [-0.15, -0.1) is 0 Å². The number of amides is 1. The third-order valence-electron chi connectivity index (χ3n) is 3.45. The number of benzene rings is 2. The first-order valence-corrected chi connectivity index (χ1v) is 7.19. The molecule has 0 aliphatic carbocycles. The number of nitro groups is 1. The number of nitrogens with one attached hydrogen (secondary N) is 1. The van der Waals surface area contributed by atoms with Gasteiger partial charge in [0.15, 0.2) is 6.61 Å². The molecule has 2 aromatic rings. The van der Waals surface area contributed by atoms with Crippen molar-refractivity contribution >= 4 is 11.6 Å². The van der Waals surface area contributed by atoms with Crippen LogP contribution in [0.5, 0.6) is 5.75 Å². The van der Waals surface area contributed by atoms with Crippen LogP contribution in [0.25, 0.3) is 0 Å². The van der Waals surface area contributed by atoms with Crippen LogP contribution in [0.1, 0.15) is 24.1 Å². The molecule has 6 nitrogen and oxygen atoms in total. The molecule has 6 heteroatoms. The Labute approximate surface area is 134 Å². The van der Waals surface area contributed by atoms with Crippen LogP contribution < -0.4 is 10.1 Å². The van der Waals surface area contributed by atoms with E-state index in [4.69, 9.17) is 4.74 Å². The molecule has 1 N–H and O–H groups in total. The molecule has 120 valence electrons. The second kappa shape index (κ2) is 7.40. The Hall–Kier alpha value is -2.89. The zero-order valence-corrected chi connectivity index (χ0v) is 13.0. The number of rotatable bonds is 6. The minimum absolute atomic E-state index is 0.0185. The summed E-state index contributed by atoms with van der Waals surface area (Å²) in [5, 5.41) is 13.4. The summed E-state index contributed by atoms with van der Waals surface area (Å²) in [5.74, 6) is 0.161. The summed E-state index contributed by atoms with van der Waals surface area (Å²) in [5.41, 5.74) is 2.14. The lowest BCUT2D eigenvalue weighted by molar-refractivity contribution is -0.384. The summed E-state index contributed by atoms with van der Waals surface area (Å²) >= 11 is 0. The van der Waals surface area contributed by atoms with E-state index in [0.29, 0.717) is 5.75 Å². The van der Waals surface area contributed by atoms with Crippen molar-refractivity contribution in [2.75, 3.05) is 6.61 Å². The van der Waals surface area contributed by atoms with E-state index in [1.165, 1.54) is 24.3 Å². The highest BCUT2D eigenvalue weighted by molar-refractivity contribution is 5.78. The second-order valence-corrected chi connectivity index (χ2v) is 5.19. The number of non-ortho nitro benzene ring substituents is 1. The standard InChI is InChI=1S/C17H18N2O4/c1-12-5-3-4-6-16(12)13(2)18-17(20)11-23-15-9-7-14(8-10-15)19(21)22/h3-10,13H,11H2,1-2H3,(H,18,20). The van der Waals surface area contributed by atoms with Crippen LogP contribution in [0.3, 0.4) is 0 Å². The van der Waals surface area contributed by atoms with Crippen molar-refractivity contribution in [2.45, 2.75) is 19.9 Å². The third-order valence-corrected chi connectivity index (χ3v) is 3.45. The summed E-state index contributed by atoms with van der Waals surface area (Å²) in [7, 11) is 0. The average molecular weight is 314 g/mol. The molecule has 0 bridgehead atoms. The summed E-state index contributed by atoms with van der Waals surface area (Å²) < 4.78 is 5.33. The van der Waals surface area contributed by atoms with Crippen LogP contribution in [0, 0.1) is 17.0 Å². The molecule has 1 atom stereocenters. The van der Waals surface area contributed by atoms with Gasteiger partial charge < -0.3 is 10.1 Å². The normalized spacial score (nSPS) is 11.6. The topological polar surface area (TPSA) is 81.5 Å². The van der Waals surface area contributed by atoms with Crippen LogP contribution in [0.2, 0.25) is 0 Å². The molecule has 0 aromatic heterocycles. The minimum Gasteiger partial charge on any atom is -0.484 e. The summed E-state index contributed by atoms with van der Waals surface area (Å²) in [6, 6.07) is 13.3. The van der Waals surface area contributed by atoms with E-state index in [2.05, 4.69) is 5.32 Å². The summed E-state index contributed by atoms with van der Waals surface area (Å²) in [6.45, 7) is 3.76. The Morgan fingerprint density at radius 3 is 2.48 bits per heavy atom. The first-order valence-electron chi connectivity index (χ1n) is 7.19. The van der Waals surface area contributed by atoms with Gasteiger partial charge in [0, 0.05) is 12.1 Å². The molecular weight excluding hydrogens is 296 g/mol. The molecule has 2 aromatic carbocycles. The predicted molar refractivity (Wildman–Crippen MR) is 86.3 cm³/mol. The highest BCUT2D eigenvalue weighted by Crippen LogP contribution is 2.18. The zero-order chi connectivity index (χ0) is 16.8. The van der Waals surface area contributed by atoms with Crippen molar-refractivity contribution in [1.29, 1.82) is 0 Å². The molecule has 0 aliphatic heterocycles. The van der Waals surface area contributed by atoms with E-state index >= 15 is 0 Å². The van der Waals surface area contributed by atoms with Crippen molar-refractivity contribution in [2.24, 2.45) is 0 Å². The first-order chi connectivity index (χ1) is 11.0. The van der Waals surface area contributed by atoms with E-state index in [1.54, 1.807) is 0 Å². The fraction of sp³-hybridized carbons (Fsp3) is 0.235. The molecule has 0 saturated carbocycles. The van der Waals surface area contributed by atoms with Gasteiger partial charge in [0.25, 0.3) is 11.6 Å². The van der Waals surface area contributed by atoms with Gasteiger partial charge in [-0.05, 0) is 37.1 Å². The quantitative estimate of drug-likeness (QED) is 0.656. The van der Waals surface area contributed by atoms with Crippen LogP contribution in [0.4, 0.5) is 5.69 Å². The maximum absolute atomic E-state index is 11.9. The number of nitrogens with zero attached hydrogens (tertiary/aromatic N) is 1. The predicted octanol–water partition coefficient (Wildman–Crippen LogP) is 3.16. The third kappa shape index (κ3) is 4.54. The number of carbonyl (C=O) groups excluding carboxylic acids is 1. The minimum atomic E-state index is -0.486. The largest absolute Gasteiger partial charge is 0.484 e. The van der Waals surface area contributed by atoms with Crippen LogP contribution in [-0.4, -0.2) is 17.4 Å². The fourth-order valence-electron chi connectivity index (χ4n) is 2.25. The van der Waals surface area contributed by atoms with Gasteiger partial charge in [-0.25, -0.2) is 0 Å². The van der Waals surface area contributed by atoms with Crippen molar-refractivity contribution in [3.8, 4) is 5.75 Å². The monoisotopic (exact) mass is 314 g/mol. The molecule has 0 spiro atoms. The number of nitro benzene ring substituents is 1. The summed E-state index contributed by atoms with van der Waals surface area (Å²) in [4.78, 5) is 22.0. The van der Waals surface area contributed by atoms with E-state index in [9.17, 15) is 14.9 Å². The highest BCUT2D eigenvalue weighted by Gasteiger charge is 2.12. The van der Waals surface area contributed by atoms with Gasteiger partial charge in [-0.3, -0.25) is 14.9 Å². The van der Waals surface area contributed by atoms with E-state index in [-0.39, 0.29) is 24.2 Å². The number of hydrogen-bond acceptors (Lipinski definition) is 4. The Balaban J connectivity index is 1.87. The first kappa shape index (κ1) is 16.5. The van der Waals surface area contributed by atoms with Crippen LogP contribution in [-0.2, 0) is 4.79 Å². The molecular formula is C17H18N2O4. The van der Waals surface area contributed by atoms with Crippen molar-refractivity contribution < 1.29 is 14.5 Å². The van der Waals surface area contributed by atoms with Crippen molar-refractivity contribution in [3.63, 3.8) is 0 Å². The Bertz CT molecular complexity index is 698. The van der Waals surface area contributed by atoms with E-state index in [0.717, 1.165) is 11.1 Å². The Morgan fingerprint density at radius 1 is 1.22 bits per heavy atom. The number of aryl methyl sites for hydroxylation is 1. The smallest absolute Gasteiger partial charge is 0.269 e. The maximum Gasteiger partial charge on any atom is 0.269 e. The Kier molecular flexibility index (Phi) is 5.30. The molecule has 2 rings (SSSR count). The molecule has 23 heavy (non-hydrogen) atoms. The molecule has 0 aliphatic rings. The highest BCUT2D eigenvalue weighted by atomic mass is 16.6. The van der Waals surface area contributed by atoms with Gasteiger partial charge in [0.1, 0.15) is 5.75 Å².